The van der Waals surface area contributed by atoms with Gasteiger partial charge in [-0.05, 0) is 24.6 Å². The van der Waals surface area contributed by atoms with Crippen LogP contribution < -0.4 is 14.8 Å². The van der Waals surface area contributed by atoms with Crippen molar-refractivity contribution in [3.05, 3.63) is 41.2 Å². The summed E-state index contributed by atoms with van der Waals surface area (Å²) in [4.78, 5) is 29.2. The van der Waals surface area contributed by atoms with Crippen molar-refractivity contribution in [3.63, 3.8) is 0 Å². The fourth-order valence-electron chi connectivity index (χ4n) is 3.86. The van der Waals surface area contributed by atoms with Crippen molar-refractivity contribution in [1.29, 1.82) is 0 Å². The number of aryl methyl sites for hydroxylation is 2. The monoisotopic (exact) mass is 429 g/mol. The van der Waals surface area contributed by atoms with Crippen LogP contribution in [-0.2, 0) is 29.7 Å². The SMILES string of the molecule is COc1ccc(CN2CCNC(=O)C2CC(=O)N(C)Cc2cn(C)nc2C)cc1OC. The lowest BCUT2D eigenvalue weighted by molar-refractivity contribution is -0.138. The van der Waals surface area contributed by atoms with Crippen molar-refractivity contribution in [1.82, 2.24) is 24.9 Å². The molecule has 168 valence electrons. The topological polar surface area (TPSA) is 88.9 Å². The molecular formula is C22H31N5O4. The number of aromatic nitrogens is 2. The van der Waals surface area contributed by atoms with E-state index in [-0.39, 0.29) is 18.2 Å². The number of piperazine rings is 1. The third-order valence-corrected chi connectivity index (χ3v) is 5.59. The molecule has 2 heterocycles. The van der Waals surface area contributed by atoms with Crippen LogP contribution in [0, 0.1) is 6.92 Å². The van der Waals surface area contributed by atoms with Crippen LogP contribution in [0.25, 0.3) is 0 Å². The van der Waals surface area contributed by atoms with Crippen LogP contribution in [0.5, 0.6) is 11.5 Å². The molecule has 0 radical (unpaired) electrons. The van der Waals surface area contributed by atoms with Crippen molar-refractivity contribution in [3.8, 4) is 11.5 Å². The number of hydrogen-bond acceptors (Lipinski definition) is 6. The minimum Gasteiger partial charge on any atom is -0.493 e. The Balaban J connectivity index is 1.69. The number of nitrogens with one attached hydrogen (secondary N) is 1. The molecule has 0 spiro atoms. The molecule has 2 aromatic rings. The zero-order valence-corrected chi connectivity index (χ0v) is 18.8. The summed E-state index contributed by atoms with van der Waals surface area (Å²) in [6, 6.07) is 5.18. The molecule has 1 aromatic carbocycles. The van der Waals surface area contributed by atoms with Gasteiger partial charge in [-0.3, -0.25) is 19.2 Å². The molecule has 3 rings (SSSR count). The molecule has 9 heteroatoms. The number of methoxy groups -OCH3 is 2. The van der Waals surface area contributed by atoms with Gasteiger partial charge in [-0.1, -0.05) is 6.07 Å². The minimum atomic E-state index is -0.521. The highest BCUT2D eigenvalue weighted by Crippen LogP contribution is 2.28. The molecule has 1 saturated heterocycles. The predicted octanol–water partition coefficient (Wildman–Crippen LogP) is 1.09. The minimum absolute atomic E-state index is 0.0809. The van der Waals surface area contributed by atoms with Crippen molar-refractivity contribution in [2.24, 2.45) is 7.05 Å². The summed E-state index contributed by atoms with van der Waals surface area (Å²) in [6.07, 6.45) is 2.03. The number of benzene rings is 1. The summed E-state index contributed by atoms with van der Waals surface area (Å²) in [5.41, 5.74) is 2.88. The van der Waals surface area contributed by atoms with Crippen LogP contribution in [0.2, 0.25) is 0 Å². The molecule has 0 aliphatic carbocycles. The normalized spacial score (nSPS) is 16.7. The lowest BCUT2D eigenvalue weighted by Gasteiger charge is -2.35. The second-order valence-corrected chi connectivity index (χ2v) is 7.83. The number of carbonyl (C=O) groups is 2. The Bertz CT molecular complexity index is 942. The molecule has 1 fully saturated rings. The smallest absolute Gasteiger partial charge is 0.237 e. The number of carbonyl (C=O) groups excluding carboxylic acids is 2. The van der Waals surface area contributed by atoms with E-state index in [1.54, 1.807) is 30.8 Å². The molecule has 1 aliphatic rings. The Morgan fingerprint density at radius 3 is 2.68 bits per heavy atom. The quantitative estimate of drug-likeness (QED) is 0.676. The van der Waals surface area contributed by atoms with Crippen molar-refractivity contribution in [2.75, 3.05) is 34.4 Å². The second-order valence-electron chi connectivity index (χ2n) is 7.83. The number of ether oxygens (including phenoxy) is 2. The van der Waals surface area contributed by atoms with Crippen molar-refractivity contribution < 1.29 is 19.1 Å². The highest BCUT2D eigenvalue weighted by molar-refractivity contribution is 5.88. The van der Waals surface area contributed by atoms with Gasteiger partial charge in [0.1, 0.15) is 0 Å². The molecule has 9 nitrogen and oxygen atoms in total. The first-order chi connectivity index (χ1) is 14.8. The van der Waals surface area contributed by atoms with Gasteiger partial charge in [0.2, 0.25) is 11.8 Å². The lowest BCUT2D eigenvalue weighted by atomic mass is 10.1. The molecule has 1 aromatic heterocycles. The first kappa shape index (κ1) is 22.6. The zero-order chi connectivity index (χ0) is 22.5. The Kier molecular flexibility index (Phi) is 7.17. The Hall–Kier alpha value is -3.07. The summed E-state index contributed by atoms with van der Waals surface area (Å²) in [5.74, 6) is 1.09. The van der Waals surface area contributed by atoms with Crippen LogP contribution in [-0.4, -0.2) is 71.8 Å². The highest BCUT2D eigenvalue weighted by atomic mass is 16.5. The third-order valence-electron chi connectivity index (χ3n) is 5.59. The van der Waals surface area contributed by atoms with Crippen LogP contribution in [0.1, 0.15) is 23.2 Å². The van der Waals surface area contributed by atoms with Gasteiger partial charge in [0.15, 0.2) is 11.5 Å². The maximum Gasteiger partial charge on any atom is 0.237 e. The number of hydrogen-bond donors (Lipinski definition) is 1. The number of nitrogens with zero attached hydrogens (tertiary/aromatic N) is 4. The van der Waals surface area contributed by atoms with Crippen LogP contribution >= 0.6 is 0 Å². The van der Waals surface area contributed by atoms with Crippen molar-refractivity contribution >= 4 is 11.8 Å². The van der Waals surface area contributed by atoms with Gasteiger partial charge in [0, 0.05) is 52.0 Å². The summed E-state index contributed by atoms with van der Waals surface area (Å²) < 4.78 is 12.4. The van der Waals surface area contributed by atoms with Gasteiger partial charge in [-0.15, -0.1) is 0 Å². The van der Waals surface area contributed by atoms with E-state index in [9.17, 15) is 9.59 Å². The molecule has 1 N–H and O–H groups in total. The largest absolute Gasteiger partial charge is 0.493 e. The van der Waals surface area contributed by atoms with E-state index >= 15 is 0 Å². The fraction of sp³-hybridized carbons (Fsp3) is 0.500. The summed E-state index contributed by atoms with van der Waals surface area (Å²) in [6.45, 7) is 4.15. The summed E-state index contributed by atoms with van der Waals surface area (Å²) in [7, 11) is 6.81. The molecule has 1 atom stereocenters. The first-order valence-corrected chi connectivity index (χ1v) is 10.3. The van der Waals surface area contributed by atoms with E-state index in [1.165, 1.54) is 0 Å². The maximum absolute atomic E-state index is 12.9. The van der Waals surface area contributed by atoms with E-state index < -0.39 is 6.04 Å². The standard InChI is InChI=1S/C22H31N5O4/c1-15-17(14-26(3)24-15)13-25(2)21(28)11-18-22(29)23-8-9-27(18)12-16-6-7-19(30-4)20(10-16)31-5/h6-7,10,14,18H,8-9,11-13H2,1-5H3,(H,23,29). The van der Waals surface area contributed by atoms with E-state index in [2.05, 4.69) is 10.4 Å². The van der Waals surface area contributed by atoms with E-state index in [0.717, 1.165) is 16.8 Å². The third kappa shape index (κ3) is 5.35. The van der Waals surface area contributed by atoms with Gasteiger partial charge in [0.05, 0.1) is 32.4 Å². The molecule has 0 saturated carbocycles. The molecule has 31 heavy (non-hydrogen) atoms. The Labute approximate surface area is 182 Å². The summed E-state index contributed by atoms with van der Waals surface area (Å²) in [5, 5.41) is 7.21. The fourth-order valence-corrected chi connectivity index (χ4v) is 3.86. The lowest BCUT2D eigenvalue weighted by Crippen LogP contribution is -2.56. The number of rotatable bonds is 8. The number of amides is 2. The van der Waals surface area contributed by atoms with Crippen molar-refractivity contribution in [2.45, 2.75) is 32.5 Å². The van der Waals surface area contributed by atoms with E-state index in [1.807, 2.05) is 43.3 Å². The average molecular weight is 430 g/mol. The molecule has 1 aliphatic heterocycles. The second kappa shape index (κ2) is 9.82. The van der Waals surface area contributed by atoms with Crippen LogP contribution in [0.4, 0.5) is 0 Å². The highest BCUT2D eigenvalue weighted by Gasteiger charge is 2.32. The first-order valence-electron chi connectivity index (χ1n) is 10.3. The predicted molar refractivity (Wildman–Crippen MR) is 116 cm³/mol. The van der Waals surface area contributed by atoms with Gasteiger partial charge in [-0.2, -0.15) is 5.10 Å². The zero-order valence-electron chi connectivity index (χ0n) is 18.8. The van der Waals surface area contributed by atoms with E-state index in [0.29, 0.717) is 37.7 Å². The van der Waals surface area contributed by atoms with Gasteiger partial charge < -0.3 is 19.7 Å². The Morgan fingerprint density at radius 2 is 2.03 bits per heavy atom. The Morgan fingerprint density at radius 1 is 1.29 bits per heavy atom. The molecular weight excluding hydrogens is 398 g/mol. The summed E-state index contributed by atoms with van der Waals surface area (Å²) >= 11 is 0. The molecule has 2 amide bonds. The van der Waals surface area contributed by atoms with Gasteiger partial charge >= 0.3 is 0 Å². The van der Waals surface area contributed by atoms with Gasteiger partial charge in [0.25, 0.3) is 0 Å². The van der Waals surface area contributed by atoms with Gasteiger partial charge in [-0.25, -0.2) is 0 Å². The maximum atomic E-state index is 12.9. The van der Waals surface area contributed by atoms with Crippen LogP contribution in [0.15, 0.2) is 24.4 Å². The average Bonchev–Trinajstić information content (AvgIpc) is 3.06. The van der Waals surface area contributed by atoms with Crippen LogP contribution in [0.3, 0.4) is 0 Å². The molecule has 1 unspecified atom stereocenters. The van der Waals surface area contributed by atoms with E-state index in [4.69, 9.17) is 9.47 Å². The molecule has 0 bridgehead atoms.